The molecule has 0 bridgehead atoms. The molecule has 0 fully saturated rings. The summed E-state index contributed by atoms with van der Waals surface area (Å²) in [6.45, 7) is 8.74. The van der Waals surface area contributed by atoms with Gasteiger partial charge in [-0.1, -0.05) is 25.1 Å². The molecule has 0 spiro atoms. The predicted molar refractivity (Wildman–Crippen MR) is 80.3 cm³/mol. The maximum absolute atomic E-state index is 3.59. The molecule has 18 heavy (non-hydrogen) atoms. The lowest BCUT2D eigenvalue weighted by molar-refractivity contribution is 0.358. The minimum absolute atomic E-state index is 0.583. The first kappa shape index (κ1) is 15.2. The van der Waals surface area contributed by atoms with Gasteiger partial charge in [-0.2, -0.15) is 0 Å². The van der Waals surface area contributed by atoms with E-state index in [9.17, 15) is 0 Å². The van der Waals surface area contributed by atoms with Crippen LogP contribution in [0.1, 0.15) is 30.0 Å². The Kier molecular flexibility index (Phi) is 6.37. The number of benzene rings is 1. The molecule has 1 unspecified atom stereocenters. The Morgan fingerprint density at radius 2 is 1.89 bits per heavy atom. The van der Waals surface area contributed by atoms with Crippen LogP contribution in [0.5, 0.6) is 0 Å². The second-order valence-electron chi connectivity index (χ2n) is 5.47. The summed E-state index contributed by atoms with van der Waals surface area (Å²) in [5.41, 5.74) is 4.23. The standard InChI is InChI=1S/C16H28N2/c1-6-17-16(9-10-18(4)5)12-15-8-7-13(2)14(3)11-15/h7-8,11,16-17H,6,9-10,12H2,1-5H3. The molecular weight excluding hydrogens is 220 g/mol. The van der Waals surface area contributed by atoms with Crippen LogP contribution in [0.25, 0.3) is 0 Å². The fourth-order valence-electron chi connectivity index (χ4n) is 2.19. The van der Waals surface area contributed by atoms with E-state index < -0.39 is 0 Å². The zero-order valence-electron chi connectivity index (χ0n) is 12.6. The molecule has 0 aliphatic heterocycles. The van der Waals surface area contributed by atoms with Gasteiger partial charge in [-0.25, -0.2) is 0 Å². The highest BCUT2D eigenvalue weighted by Gasteiger charge is 2.09. The van der Waals surface area contributed by atoms with Crippen LogP contribution in [0.4, 0.5) is 0 Å². The molecule has 0 heterocycles. The van der Waals surface area contributed by atoms with Crippen molar-refractivity contribution in [2.45, 2.75) is 39.7 Å². The lowest BCUT2D eigenvalue weighted by atomic mass is 9.99. The van der Waals surface area contributed by atoms with E-state index in [4.69, 9.17) is 0 Å². The Labute approximate surface area is 112 Å². The molecule has 0 saturated carbocycles. The first-order chi connectivity index (χ1) is 8.52. The van der Waals surface area contributed by atoms with Gasteiger partial charge in [-0.15, -0.1) is 0 Å². The Morgan fingerprint density at radius 3 is 2.44 bits per heavy atom. The minimum Gasteiger partial charge on any atom is -0.314 e. The molecule has 0 radical (unpaired) electrons. The van der Waals surface area contributed by atoms with E-state index in [1.807, 2.05) is 0 Å². The fourth-order valence-corrected chi connectivity index (χ4v) is 2.19. The smallest absolute Gasteiger partial charge is 0.0119 e. The van der Waals surface area contributed by atoms with Crippen molar-refractivity contribution in [3.05, 3.63) is 34.9 Å². The molecule has 1 atom stereocenters. The van der Waals surface area contributed by atoms with Gasteiger partial charge in [0.25, 0.3) is 0 Å². The summed E-state index contributed by atoms with van der Waals surface area (Å²) in [6, 6.07) is 7.41. The normalized spacial score (nSPS) is 13.0. The second-order valence-corrected chi connectivity index (χ2v) is 5.47. The van der Waals surface area contributed by atoms with Crippen LogP contribution in [-0.2, 0) is 6.42 Å². The third-order valence-electron chi connectivity index (χ3n) is 3.47. The Balaban J connectivity index is 2.61. The second kappa shape index (κ2) is 7.55. The summed E-state index contributed by atoms with van der Waals surface area (Å²) < 4.78 is 0. The van der Waals surface area contributed by atoms with E-state index in [0.29, 0.717) is 6.04 Å². The Bertz CT molecular complexity index is 358. The molecule has 1 aromatic rings. The summed E-state index contributed by atoms with van der Waals surface area (Å²) in [5, 5.41) is 3.59. The lowest BCUT2D eigenvalue weighted by Crippen LogP contribution is -2.34. The van der Waals surface area contributed by atoms with Gasteiger partial charge >= 0.3 is 0 Å². The van der Waals surface area contributed by atoms with Gasteiger partial charge in [-0.05, 0) is 70.6 Å². The van der Waals surface area contributed by atoms with Crippen LogP contribution < -0.4 is 5.32 Å². The number of nitrogens with zero attached hydrogens (tertiary/aromatic N) is 1. The number of hydrogen-bond donors (Lipinski definition) is 1. The minimum atomic E-state index is 0.583. The summed E-state index contributed by atoms with van der Waals surface area (Å²) in [4.78, 5) is 2.25. The van der Waals surface area contributed by atoms with Crippen LogP contribution in [-0.4, -0.2) is 38.1 Å². The summed E-state index contributed by atoms with van der Waals surface area (Å²) in [5.74, 6) is 0. The fraction of sp³-hybridized carbons (Fsp3) is 0.625. The molecule has 1 aromatic carbocycles. The highest BCUT2D eigenvalue weighted by atomic mass is 15.1. The maximum atomic E-state index is 3.59. The van der Waals surface area contributed by atoms with E-state index in [-0.39, 0.29) is 0 Å². The van der Waals surface area contributed by atoms with Crippen LogP contribution in [0.3, 0.4) is 0 Å². The molecule has 2 nitrogen and oxygen atoms in total. The number of hydrogen-bond acceptors (Lipinski definition) is 2. The Hall–Kier alpha value is -0.860. The predicted octanol–water partition coefficient (Wildman–Crippen LogP) is 2.78. The van der Waals surface area contributed by atoms with Crippen LogP contribution in [0, 0.1) is 13.8 Å². The van der Waals surface area contributed by atoms with E-state index in [2.05, 4.69) is 63.3 Å². The molecule has 102 valence electrons. The first-order valence-electron chi connectivity index (χ1n) is 6.97. The number of rotatable bonds is 7. The molecular formula is C16H28N2. The van der Waals surface area contributed by atoms with Crippen molar-refractivity contribution in [1.82, 2.24) is 10.2 Å². The zero-order chi connectivity index (χ0) is 13.5. The van der Waals surface area contributed by atoms with Gasteiger partial charge in [0.15, 0.2) is 0 Å². The highest BCUT2D eigenvalue weighted by Crippen LogP contribution is 2.12. The molecule has 0 aliphatic rings. The molecule has 0 amide bonds. The molecule has 0 aliphatic carbocycles. The molecule has 2 heteroatoms. The van der Waals surface area contributed by atoms with E-state index in [0.717, 1.165) is 19.5 Å². The Morgan fingerprint density at radius 1 is 1.17 bits per heavy atom. The molecule has 0 saturated heterocycles. The van der Waals surface area contributed by atoms with Gasteiger partial charge in [0.05, 0.1) is 0 Å². The topological polar surface area (TPSA) is 15.3 Å². The van der Waals surface area contributed by atoms with Gasteiger partial charge in [0.2, 0.25) is 0 Å². The average Bonchev–Trinajstić information content (AvgIpc) is 2.31. The van der Waals surface area contributed by atoms with Crippen LogP contribution in [0.15, 0.2) is 18.2 Å². The molecule has 1 N–H and O–H groups in total. The third-order valence-corrected chi connectivity index (χ3v) is 3.47. The van der Waals surface area contributed by atoms with Crippen molar-refractivity contribution in [1.29, 1.82) is 0 Å². The molecule has 1 rings (SSSR count). The highest BCUT2D eigenvalue weighted by molar-refractivity contribution is 5.30. The van der Waals surface area contributed by atoms with Gasteiger partial charge in [0, 0.05) is 6.04 Å². The lowest BCUT2D eigenvalue weighted by Gasteiger charge is -2.20. The number of aryl methyl sites for hydroxylation is 2. The van der Waals surface area contributed by atoms with Crippen LogP contribution in [0.2, 0.25) is 0 Å². The van der Waals surface area contributed by atoms with Crippen molar-refractivity contribution < 1.29 is 0 Å². The quantitative estimate of drug-likeness (QED) is 0.798. The number of nitrogens with one attached hydrogen (secondary N) is 1. The van der Waals surface area contributed by atoms with Gasteiger partial charge < -0.3 is 10.2 Å². The van der Waals surface area contributed by atoms with Crippen molar-refractivity contribution in [3.8, 4) is 0 Å². The maximum Gasteiger partial charge on any atom is 0.0119 e. The van der Waals surface area contributed by atoms with Crippen molar-refractivity contribution in [2.75, 3.05) is 27.2 Å². The van der Waals surface area contributed by atoms with Crippen molar-refractivity contribution in [3.63, 3.8) is 0 Å². The molecule has 0 aromatic heterocycles. The average molecular weight is 248 g/mol. The van der Waals surface area contributed by atoms with E-state index in [1.54, 1.807) is 0 Å². The van der Waals surface area contributed by atoms with Crippen molar-refractivity contribution in [2.24, 2.45) is 0 Å². The third kappa shape index (κ3) is 5.19. The van der Waals surface area contributed by atoms with Gasteiger partial charge in [-0.3, -0.25) is 0 Å². The van der Waals surface area contributed by atoms with E-state index >= 15 is 0 Å². The number of likely N-dealkylation sites (N-methyl/N-ethyl adjacent to an activating group) is 1. The first-order valence-corrected chi connectivity index (χ1v) is 6.97. The van der Waals surface area contributed by atoms with Crippen molar-refractivity contribution >= 4 is 0 Å². The monoisotopic (exact) mass is 248 g/mol. The summed E-state index contributed by atoms with van der Waals surface area (Å²) in [7, 11) is 4.28. The summed E-state index contributed by atoms with van der Waals surface area (Å²) in [6.07, 6.45) is 2.33. The van der Waals surface area contributed by atoms with Gasteiger partial charge in [0.1, 0.15) is 0 Å². The largest absolute Gasteiger partial charge is 0.314 e. The van der Waals surface area contributed by atoms with E-state index in [1.165, 1.54) is 23.1 Å². The zero-order valence-corrected chi connectivity index (χ0v) is 12.6. The van der Waals surface area contributed by atoms with Crippen LogP contribution >= 0.6 is 0 Å². The SMILES string of the molecule is CCNC(CCN(C)C)Cc1ccc(C)c(C)c1. The summed E-state index contributed by atoms with van der Waals surface area (Å²) >= 11 is 0.